The van der Waals surface area contributed by atoms with Gasteiger partial charge in [0.15, 0.2) is 5.75 Å². The molecule has 0 spiro atoms. The minimum atomic E-state index is -0.102. The van der Waals surface area contributed by atoms with Crippen LogP contribution in [0.3, 0.4) is 0 Å². The van der Waals surface area contributed by atoms with E-state index in [2.05, 4.69) is 23.6 Å². The van der Waals surface area contributed by atoms with Gasteiger partial charge in [0, 0.05) is 25.7 Å². The lowest BCUT2D eigenvalue weighted by Crippen LogP contribution is -2.53. The van der Waals surface area contributed by atoms with Gasteiger partial charge in [0.2, 0.25) is 0 Å². The normalized spacial score (nSPS) is 21.8. The van der Waals surface area contributed by atoms with Crippen molar-refractivity contribution >= 4 is 23.2 Å². The van der Waals surface area contributed by atoms with Gasteiger partial charge in [-0.25, -0.2) is 0 Å². The first kappa shape index (κ1) is 17.8. The van der Waals surface area contributed by atoms with Crippen molar-refractivity contribution in [2.45, 2.75) is 25.9 Å². The highest BCUT2D eigenvalue weighted by Gasteiger charge is 2.30. The molecule has 2 rings (SSSR count). The highest BCUT2D eigenvalue weighted by Crippen LogP contribution is 2.37. The average molecular weight is 347 g/mol. The molecule has 0 radical (unpaired) electrons. The summed E-state index contributed by atoms with van der Waals surface area (Å²) in [6.07, 6.45) is 0. The molecule has 2 atom stereocenters. The summed E-state index contributed by atoms with van der Waals surface area (Å²) < 4.78 is 5.19. The van der Waals surface area contributed by atoms with Crippen molar-refractivity contribution in [2.75, 3.05) is 39.9 Å². The zero-order valence-corrected chi connectivity index (χ0v) is 14.9. The number of benzene rings is 1. The quantitative estimate of drug-likeness (QED) is 0.888. The fraction of sp³-hybridized carbons (Fsp3) is 0.625. The Hall–Kier alpha value is -0.520. The summed E-state index contributed by atoms with van der Waals surface area (Å²) in [5, 5.41) is 10.9. The Kier molecular flexibility index (Phi) is 6.36. The zero-order chi connectivity index (χ0) is 16.3. The van der Waals surface area contributed by atoms with Gasteiger partial charge in [0.25, 0.3) is 0 Å². The van der Waals surface area contributed by atoms with Crippen LogP contribution < -0.4 is 4.74 Å². The minimum Gasteiger partial charge on any atom is -0.494 e. The van der Waals surface area contributed by atoms with Crippen LogP contribution in [-0.2, 0) is 0 Å². The summed E-state index contributed by atoms with van der Waals surface area (Å²) in [7, 11) is 1.54. The molecule has 0 aromatic heterocycles. The van der Waals surface area contributed by atoms with Crippen molar-refractivity contribution in [1.29, 1.82) is 0 Å². The van der Waals surface area contributed by atoms with Gasteiger partial charge in [-0.3, -0.25) is 4.90 Å². The monoisotopic (exact) mass is 346 g/mol. The van der Waals surface area contributed by atoms with Gasteiger partial charge < -0.3 is 14.7 Å². The van der Waals surface area contributed by atoms with Gasteiger partial charge in [-0.2, -0.15) is 0 Å². The Balaban J connectivity index is 2.25. The highest BCUT2D eigenvalue weighted by molar-refractivity contribution is 6.37. The van der Waals surface area contributed by atoms with Crippen molar-refractivity contribution in [1.82, 2.24) is 9.80 Å². The molecule has 1 aliphatic rings. The molecule has 1 N–H and O–H groups in total. The van der Waals surface area contributed by atoms with Crippen molar-refractivity contribution < 1.29 is 9.84 Å². The molecule has 6 heteroatoms. The molecule has 0 saturated carbocycles. The van der Waals surface area contributed by atoms with Crippen LogP contribution in [0.25, 0.3) is 0 Å². The van der Waals surface area contributed by atoms with E-state index in [1.165, 1.54) is 0 Å². The molecule has 1 heterocycles. The van der Waals surface area contributed by atoms with Crippen molar-refractivity contribution in [3.63, 3.8) is 0 Å². The summed E-state index contributed by atoms with van der Waals surface area (Å²) in [4.78, 5) is 4.74. The first-order valence-electron chi connectivity index (χ1n) is 7.63. The molecule has 0 aliphatic carbocycles. The van der Waals surface area contributed by atoms with Gasteiger partial charge >= 0.3 is 0 Å². The highest BCUT2D eigenvalue weighted by atomic mass is 35.5. The molecule has 1 aromatic carbocycles. The van der Waals surface area contributed by atoms with E-state index in [4.69, 9.17) is 27.9 Å². The maximum atomic E-state index is 9.91. The Morgan fingerprint density at radius 2 is 1.95 bits per heavy atom. The van der Waals surface area contributed by atoms with Crippen LogP contribution in [0.2, 0.25) is 10.0 Å². The van der Waals surface area contributed by atoms with Crippen LogP contribution >= 0.6 is 23.2 Å². The number of hydrogen-bond donors (Lipinski definition) is 1. The molecule has 1 aliphatic heterocycles. The summed E-state index contributed by atoms with van der Waals surface area (Å²) in [6, 6.07) is 3.94. The summed E-state index contributed by atoms with van der Waals surface area (Å²) in [5.74, 6) is 0.479. The Labute approximate surface area is 142 Å². The van der Waals surface area contributed by atoms with Crippen molar-refractivity contribution in [2.24, 2.45) is 0 Å². The van der Waals surface area contributed by atoms with Crippen LogP contribution in [-0.4, -0.2) is 60.8 Å². The summed E-state index contributed by atoms with van der Waals surface area (Å²) >= 11 is 12.5. The number of rotatable bonds is 5. The SMILES string of the molecule is CCN1CCN(C(CO)c2cc(Cl)c(OC)c(Cl)c2)C(C)C1. The molecular formula is C16H24Cl2N2O2. The lowest BCUT2D eigenvalue weighted by Gasteiger charge is -2.43. The molecule has 1 aromatic rings. The van der Waals surface area contributed by atoms with Crippen LogP contribution in [0.1, 0.15) is 25.5 Å². The fourth-order valence-electron chi connectivity index (χ4n) is 3.17. The number of halogens is 2. The van der Waals surface area contributed by atoms with Crippen LogP contribution in [0.5, 0.6) is 5.75 Å². The Bertz CT molecular complexity index is 490. The van der Waals surface area contributed by atoms with E-state index in [-0.39, 0.29) is 12.6 Å². The van der Waals surface area contributed by atoms with Gasteiger partial charge in [0.05, 0.1) is 29.8 Å². The van der Waals surface area contributed by atoms with E-state index in [9.17, 15) is 5.11 Å². The van der Waals surface area contributed by atoms with Crippen molar-refractivity contribution in [3.05, 3.63) is 27.7 Å². The van der Waals surface area contributed by atoms with Crippen LogP contribution in [0.15, 0.2) is 12.1 Å². The van der Waals surface area contributed by atoms with Crippen LogP contribution in [0.4, 0.5) is 0 Å². The van der Waals surface area contributed by atoms with E-state index in [0.717, 1.165) is 31.7 Å². The second kappa shape index (κ2) is 7.84. The lowest BCUT2D eigenvalue weighted by atomic mass is 10.0. The second-order valence-electron chi connectivity index (χ2n) is 5.70. The molecule has 1 fully saturated rings. The van der Waals surface area contributed by atoms with Crippen molar-refractivity contribution in [3.8, 4) is 5.75 Å². The van der Waals surface area contributed by atoms with E-state index in [0.29, 0.717) is 21.8 Å². The summed E-state index contributed by atoms with van der Waals surface area (Å²) in [6.45, 7) is 8.39. The van der Waals surface area contributed by atoms with E-state index in [1.54, 1.807) is 7.11 Å². The molecule has 22 heavy (non-hydrogen) atoms. The second-order valence-corrected chi connectivity index (χ2v) is 6.51. The van der Waals surface area contributed by atoms with Gasteiger partial charge in [-0.1, -0.05) is 30.1 Å². The third kappa shape index (κ3) is 3.69. The largest absolute Gasteiger partial charge is 0.494 e. The third-order valence-corrected chi connectivity index (χ3v) is 4.95. The maximum absolute atomic E-state index is 9.91. The van der Waals surface area contributed by atoms with Gasteiger partial charge in [0.1, 0.15) is 0 Å². The molecule has 4 nitrogen and oxygen atoms in total. The zero-order valence-electron chi connectivity index (χ0n) is 13.4. The van der Waals surface area contributed by atoms with E-state index < -0.39 is 0 Å². The molecule has 2 unspecified atom stereocenters. The first-order chi connectivity index (χ1) is 10.5. The number of likely N-dealkylation sites (N-methyl/N-ethyl adjacent to an activating group) is 1. The number of hydrogen-bond acceptors (Lipinski definition) is 4. The average Bonchev–Trinajstić information content (AvgIpc) is 2.49. The molecule has 124 valence electrons. The maximum Gasteiger partial charge on any atom is 0.156 e. The Morgan fingerprint density at radius 3 is 2.41 bits per heavy atom. The molecular weight excluding hydrogens is 323 g/mol. The van der Waals surface area contributed by atoms with E-state index in [1.807, 2.05) is 12.1 Å². The predicted molar refractivity (Wildman–Crippen MR) is 91.1 cm³/mol. The first-order valence-corrected chi connectivity index (χ1v) is 8.39. The van der Waals surface area contributed by atoms with Gasteiger partial charge in [-0.15, -0.1) is 0 Å². The van der Waals surface area contributed by atoms with Gasteiger partial charge in [-0.05, 0) is 31.2 Å². The number of aliphatic hydroxyl groups excluding tert-OH is 1. The predicted octanol–water partition coefficient (Wildman–Crippen LogP) is 3.06. The fourth-order valence-corrected chi connectivity index (χ4v) is 3.82. The standard InChI is InChI=1S/C16H24Cl2N2O2/c1-4-19-5-6-20(11(2)9-19)15(10-21)12-7-13(17)16(22-3)14(18)8-12/h7-8,11,15,21H,4-6,9-10H2,1-3H3. The molecule has 0 amide bonds. The summed E-state index contributed by atoms with van der Waals surface area (Å²) in [5.41, 5.74) is 0.926. The smallest absolute Gasteiger partial charge is 0.156 e. The lowest BCUT2D eigenvalue weighted by molar-refractivity contribution is 0.0271. The minimum absolute atomic E-state index is 0.0372. The van der Waals surface area contributed by atoms with Crippen LogP contribution in [0, 0.1) is 0 Å². The topological polar surface area (TPSA) is 35.9 Å². The number of piperazine rings is 1. The van der Waals surface area contributed by atoms with E-state index >= 15 is 0 Å². The third-order valence-electron chi connectivity index (χ3n) is 4.39. The molecule has 1 saturated heterocycles. The number of aliphatic hydroxyl groups is 1. The number of methoxy groups -OCH3 is 1. The number of ether oxygens (including phenoxy) is 1. The Morgan fingerprint density at radius 1 is 1.32 bits per heavy atom. The molecule has 0 bridgehead atoms. The number of nitrogens with zero attached hydrogens (tertiary/aromatic N) is 2.